The van der Waals surface area contributed by atoms with Crippen molar-refractivity contribution in [1.82, 2.24) is 4.98 Å². The fourth-order valence-electron chi connectivity index (χ4n) is 8.41. The first-order valence-electron chi connectivity index (χ1n) is 19.1. The lowest BCUT2D eigenvalue weighted by molar-refractivity contribution is -0.362. The van der Waals surface area contributed by atoms with Crippen LogP contribution >= 0.6 is 0 Å². The van der Waals surface area contributed by atoms with Gasteiger partial charge in [-0.05, 0) is 66.6 Å². The molecule has 4 aliphatic heterocycles. The topological polar surface area (TPSA) is 178 Å². The molecule has 5 heterocycles. The highest BCUT2D eigenvalue weighted by molar-refractivity contribution is 5.98. The second-order valence-corrected chi connectivity index (χ2v) is 14.7. The third-order valence-corrected chi connectivity index (χ3v) is 10.8. The largest absolute Gasteiger partial charge is 0.508 e. The number of halogens is 1. The number of esters is 3. The van der Waals surface area contributed by atoms with Crippen LogP contribution in [0, 0.1) is 5.82 Å². The van der Waals surface area contributed by atoms with E-state index >= 15 is 0 Å². The van der Waals surface area contributed by atoms with Crippen molar-refractivity contribution < 1.29 is 66.9 Å². The summed E-state index contributed by atoms with van der Waals surface area (Å²) < 4.78 is 63.7. The Morgan fingerprint density at radius 3 is 2.49 bits per heavy atom. The Kier molecular flexibility index (Phi) is 9.70. The Hall–Kier alpha value is -6.13. The molecule has 0 aliphatic carbocycles. The Balaban J connectivity index is 1.14. The van der Waals surface area contributed by atoms with Gasteiger partial charge in [0.05, 0.1) is 35.6 Å². The third-order valence-electron chi connectivity index (χ3n) is 10.8. The molecular formula is C44H38FNO13. The molecule has 0 radical (unpaired) electrons. The second-order valence-electron chi connectivity index (χ2n) is 14.7. The average molecular weight is 808 g/mol. The molecule has 5 aromatic rings. The van der Waals surface area contributed by atoms with Crippen molar-refractivity contribution in [2.75, 3.05) is 6.61 Å². The summed E-state index contributed by atoms with van der Waals surface area (Å²) in [4.78, 5) is 43.1. The normalized spacial score (nSPS) is 25.3. The van der Waals surface area contributed by atoms with Crippen molar-refractivity contribution in [3.05, 3.63) is 112 Å². The van der Waals surface area contributed by atoms with Crippen LogP contribution in [0.2, 0.25) is 0 Å². The van der Waals surface area contributed by atoms with Crippen LogP contribution in [0.4, 0.5) is 4.39 Å². The number of hydrogen-bond acceptors (Lipinski definition) is 14. The standard InChI is InChI=1S/C44H38FNO13/c1-4-7-36-52-20-35-39(58-36)40(54-21(2)47)41(55-22(3)48)43(57-35)53-19-23-16-32(46-31-14-10-24(45)17-27(23)31)37-33(50)15-13-30-38(37)56-34-18-25(49)11-12-29(34)44(30)28-9-6-5-8-26(28)42(51)59-44/h5-6,8-18,35-36,39-41,43,49-50H,4,7,19-20H2,1-3H3/t35-,36?,39-,40+,41-,43-,44?/m1/s1. The lowest BCUT2D eigenvalue weighted by Gasteiger charge is -2.48. The number of pyridine rings is 1. The summed E-state index contributed by atoms with van der Waals surface area (Å²) in [6.45, 7) is 4.19. The number of nitrogens with zero attached hydrogens (tertiary/aromatic N) is 1. The fourth-order valence-corrected chi connectivity index (χ4v) is 8.41. The molecule has 7 atom stereocenters. The predicted octanol–water partition coefficient (Wildman–Crippen LogP) is 6.67. The lowest BCUT2D eigenvalue weighted by Crippen LogP contribution is -2.65. The average Bonchev–Trinajstić information content (AvgIpc) is 3.49. The maximum Gasteiger partial charge on any atom is 0.340 e. The number of aromatic hydroxyl groups is 2. The number of carbonyl (C=O) groups is 3. The Morgan fingerprint density at radius 1 is 0.915 bits per heavy atom. The van der Waals surface area contributed by atoms with E-state index in [2.05, 4.69) is 0 Å². The van der Waals surface area contributed by atoms with Crippen LogP contribution in [0.5, 0.6) is 23.0 Å². The molecule has 9 rings (SSSR count). The molecule has 2 unspecified atom stereocenters. The summed E-state index contributed by atoms with van der Waals surface area (Å²) in [7, 11) is 0. The molecule has 2 N–H and O–H groups in total. The van der Waals surface area contributed by atoms with Crippen molar-refractivity contribution in [2.24, 2.45) is 0 Å². The summed E-state index contributed by atoms with van der Waals surface area (Å²) in [6.07, 6.45) is -4.60. The minimum absolute atomic E-state index is 0.0773. The van der Waals surface area contributed by atoms with Gasteiger partial charge in [-0.15, -0.1) is 0 Å². The van der Waals surface area contributed by atoms with Gasteiger partial charge in [-0.1, -0.05) is 31.5 Å². The van der Waals surface area contributed by atoms with Gasteiger partial charge in [0.1, 0.15) is 41.0 Å². The number of phenolic OH excluding ortho intramolecular Hbond substituents is 2. The van der Waals surface area contributed by atoms with Gasteiger partial charge in [0.15, 0.2) is 30.4 Å². The molecule has 1 aromatic heterocycles. The SMILES string of the molecule is CCCC1OC[C@H]2O[C@@H](OCc3cc(-c4c(O)ccc5c4Oc4cc(O)ccc4C54OC(=O)c5ccccc54)nc4ccc(F)cc34)[C@H](OC(C)=O)[C@@H](OC(C)=O)[C@@H]2O1. The second kappa shape index (κ2) is 14.9. The van der Waals surface area contributed by atoms with Crippen LogP contribution in [-0.2, 0) is 55.0 Å². The molecular weight excluding hydrogens is 769 g/mol. The van der Waals surface area contributed by atoms with E-state index in [0.717, 1.165) is 6.42 Å². The highest BCUT2D eigenvalue weighted by Gasteiger charge is 2.55. The molecule has 59 heavy (non-hydrogen) atoms. The molecule has 14 nitrogen and oxygen atoms in total. The first-order valence-corrected chi connectivity index (χ1v) is 19.1. The first-order chi connectivity index (χ1) is 28.4. The lowest BCUT2D eigenvalue weighted by atomic mass is 9.76. The van der Waals surface area contributed by atoms with Crippen molar-refractivity contribution >= 4 is 28.8 Å². The van der Waals surface area contributed by atoms with Gasteiger partial charge >= 0.3 is 17.9 Å². The van der Waals surface area contributed by atoms with E-state index in [1.165, 1.54) is 50.2 Å². The summed E-state index contributed by atoms with van der Waals surface area (Å²) in [5.74, 6) is -2.56. The van der Waals surface area contributed by atoms with Gasteiger partial charge in [-0.25, -0.2) is 14.2 Å². The Labute approximate surface area is 336 Å². The minimum Gasteiger partial charge on any atom is -0.508 e. The quantitative estimate of drug-likeness (QED) is 0.126. The Morgan fingerprint density at radius 2 is 1.69 bits per heavy atom. The molecule has 4 aliphatic rings. The van der Waals surface area contributed by atoms with E-state index in [1.807, 2.05) is 6.92 Å². The van der Waals surface area contributed by atoms with Gasteiger partial charge in [0, 0.05) is 42.0 Å². The first kappa shape index (κ1) is 38.4. The number of fused-ring (bicyclic) bond motifs is 8. The predicted molar refractivity (Wildman–Crippen MR) is 203 cm³/mol. The van der Waals surface area contributed by atoms with Crippen LogP contribution < -0.4 is 4.74 Å². The van der Waals surface area contributed by atoms with Crippen LogP contribution in [0.25, 0.3) is 22.2 Å². The maximum absolute atomic E-state index is 14.9. The van der Waals surface area contributed by atoms with E-state index in [1.54, 1.807) is 42.5 Å². The maximum atomic E-state index is 14.9. The van der Waals surface area contributed by atoms with E-state index in [0.29, 0.717) is 45.1 Å². The van der Waals surface area contributed by atoms with E-state index in [-0.39, 0.29) is 47.5 Å². The van der Waals surface area contributed by atoms with Crippen LogP contribution in [-0.4, -0.2) is 76.7 Å². The van der Waals surface area contributed by atoms with E-state index < -0.39 is 66.3 Å². The molecule has 2 saturated heterocycles. The molecule has 0 bridgehead atoms. The van der Waals surface area contributed by atoms with Gasteiger partial charge in [-0.3, -0.25) is 9.59 Å². The molecule has 1 spiro atoms. The number of aromatic nitrogens is 1. The molecule has 15 heteroatoms. The van der Waals surface area contributed by atoms with E-state index in [4.69, 9.17) is 42.9 Å². The number of benzene rings is 4. The van der Waals surface area contributed by atoms with Crippen molar-refractivity contribution in [2.45, 2.75) is 82.8 Å². The van der Waals surface area contributed by atoms with Crippen molar-refractivity contribution in [3.8, 4) is 34.3 Å². The van der Waals surface area contributed by atoms with Crippen LogP contribution in [0.15, 0.2) is 78.9 Å². The molecule has 304 valence electrons. The summed E-state index contributed by atoms with van der Waals surface area (Å²) in [5, 5.41) is 22.5. The number of carbonyl (C=O) groups excluding carboxylic acids is 3. The third kappa shape index (κ3) is 6.59. The van der Waals surface area contributed by atoms with Crippen molar-refractivity contribution in [3.63, 3.8) is 0 Å². The smallest absolute Gasteiger partial charge is 0.340 e. The molecule has 0 saturated carbocycles. The molecule has 2 fully saturated rings. The number of rotatable bonds is 8. The number of hydrogen-bond donors (Lipinski definition) is 2. The van der Waals surface area contributed by atoms with Gasteiger partial charge < -0.3 is 48.1 Å². The molecule has 0 amide bonds. The summed E-state index contributed by atoms with van der Waals surface area (Å²) in [5.41, 5.74) is 1.14. The zero-order valence-corrected chi connectivity index (χ0v) is 32.0. The summed E-state index contributed by atoms with van der Waals surface area (Å²) >= 11 is 0. The van der Waals surface area contributed by atoms with Crippen LogP contribution in [0.1, 0.15) is 66.2 Å². The number of ether oxygens (including phenoxy) is 8. The Bertz CT molecular complexity index is 2530. The van der Waals surface area contributed by atoms with Gasteiger partial charge in [-0.2, -0.15) is 0 Å². The monoisotopic (exact) mass is 807 g/mol. The van der Waals surface area contributed by atoms with Crippen LogP contribution in [0.3, 0.4) is 0 Å². The van der Waals surface area contributed by atoms with Gasteiger partial charge in [0.2, 0.25) is 0 Å². The minimum atomic E-state index is -1.53. The summed E-state index contributed by atoms with van der Waals surface area (Å²) in [6, 6.07) is 20.0. The van der Waals surface area contributed by atoms with Crippen molar-refractivity contribution in [1.29, 1.82) is 0 Å². The number of phenols is 2. The highest BCUT2D eigenvalue weighted by Crippen LogP contribution is 2.59. The zero-order chi connectivity index (χ0) is 41.2. The van der Waals surface area contributed by atoms with Gasteiger partial charge in [0.25, 0.3) is 0 Å². The fraction of sp³-hybridized carbons (Fsp3) is 0.318. The zero-order valence-electron chi connectivity index (χ0n) is 32.0. The highest BCUT2D eigenvalue weighted by atomic mass is 19.1. The van der Waals surface area contributed by atoms with E-state index in [9.17, 15) is 29.0 Å². The molecule has 4 aromatic carbocycles.